The number of thioether (sulfide) groups is 1. The number of ether oxygens (including phenoxy) is 2. The summed E-state index contributed by atoms with van der Waals surface area (Å²) in [6.07, 6.45) is 0.940. The molecule has 2 atom stereocenters. The molecule has 0 N–H and O–H groups in total. The number of rotatable bonds is 7. The summed E-state index contributed by atoms with van der Waals surface area (Å²) in [6.45, 7) is 2.49. The molecule has 9 heteroatoms. The molecule has 0 radical (unpaired) electrons. The molecule has 0 aliphatic carbocycles. The number of benzene rings is 2. The molecule has 0 bridgehead atoms. The van der Waals surface area contributed by atoms with Gasteiger partial charge < -0.3 is 14.4 Å². The molecule has 0 saturated carbocycles. The van der Waals surface area contributed by atoms with Gasteiger partial charge in [-0.2, -0.15) is 11.8 Å². The van der Waals surface area contributed by atoms with Gasteiger partial charge in [0.05, 0.1) is 12.2 Å². The number of hydrogen-bond donors (Lipinski definition) is 0. The van der Waals surface area contributed by atoms with E-state index in [0.29, 0.717) is 33.8 Å². The van der Waals surface area contributed by atoms with Crippen molar-refractivity contribution in [3.63, 3.8) is 0 Å². The van der Waals surface area contributed by atoms with Crippen LogP contribution in [0.5, 0.6) is 5.88 Å². The summed E-state index contributed by atoms with van der Waals surface area (Å²) in [7, 11) is 0. The standard InChI is InChI=1S/C26H24Cl2N2O4S/c1-2-33-26(32)22-16-35-14-13-30(22)25(31)18-9-12-23(29-15-18)34-24(17-7-10-19(27)11-8-17)20-5-3-4-6-21(20)28/h3-12,15,22,24H,2,13-14,16H2,1H3. The Hall–Kier alpha value is -2.74. The van der Waals surface area contributed by atoms with Crippen molar-refractivity contribution in [2.45, 2.75) is 19.1 Å². The first-order chi connectivity index (χ1) is 17.0. The summed E-state index contributed by atoms with van der Waals surface area (Å²) in [5.74, 6) is 0.961. The van der Waals surface area contributed by atoms with Crippen molar-refractivity contribution in [3.8, 4) is 5.88 Å². The summed E-state index contributed by atoms with van der Waals surface area (Å²) >= 11 is 14.2. The number of esters is 1. The van der Waals surface area contributed by atoms with Crippen LogP contribution in [0.15, 0.2) is 66.9 Å². The Balaban J connectivity index is 1.56. The zero-order chi connectivity index (χ0) is 24.8. The van der Waals surface area contributed by atoms with Gasteiger partial charge in [0, 0.05) is 45.9 Å². The first-order valence-corrected chi connectivity index (χ1v) is 13.1. The van der Waals surface area contributed by atoms with Crippen LogP contribution >= 0.6 is 35.0 Å². The van der Waals surface area contributed by atoms with E-state index in [1.54, 1.807) is 53.9 Å². The van der Waals surface area contributed by atoms with Gasteiger partial charge in [0.15, 0.2) is 6.10 Å². The van der Waals surface area contributed by atoms with Crippen LogP contribution in [0.25, 0.3) is 0 Å². The normalized spacial score (nSPS) is 16.4. The van der Waals surface area contributed by atoms with Gasteiger partial charge >= 0.3 is 5.97 Å². The third-order valence-electron chi connectivity index (χ3n) is 5.53. The molecule has 2 heterocycles. The molecule has 1 amide bonds. The lowest BCUT2D eigenvalue weighted by Crippen LogP contribution is -2.51. The number of amides is 1. The maximum atomic E-state index is 13.2. The van der Waals surface area contributed by atoms with Gasteiger partial charge in [-0.05, 0) is 36.8 Å². The highest BCUT2D eigenvalue weighted by atomic mass is 35.5. The molecule has 2 unspecified atom stereocenters. The summed E-state index contributed by atoms with van der Waals surface area (Å²) in [6, 6.07) is 17.4. The van der Waals surface area contributed by atoms with Crippen molar-refractivity contribution in [1.29, 1.82) is 0 Å². The van der Waals surface area contributed by atoms with E-state index in [1.807, 2.05) is 30.3 Å². The molecule has 1 saturated heterocycles. The highest BCUT2D eigenvalue weighted by Gasteiger charge is 2.34. The second-order valence-electron chi connectivity index (χ2n) is 7.80. The van der Waals surface area contributed by atoms with Crippen molar-refractivity contribution in [2.75, 3.05) is 24.7 Å². The van der Waals surface area contributed by atoms with Gasteiger partial charge in [-0.1, -0.05) is 53.5 Å². The number of pyridine rings is 1. The maximum absolute atomic E-state index is 13.2. The van der Waals surface area contributed by atoms with Crippen molar-refractivity contribution < 1.29 is 19.1 Å². The Labute approximate surface area is 218 Å². The van der Waals surface area contributed by atoms with Gasteiger partial charge in [-0.25, -0.2) is 9.78 Å². The Bertz CT molecular complexity index is 1170. The largest absolute Gasteiger partial charge is 0.464 e. The van der Waals surface area contributed by atoms with E-state index in [0.717, 1.165) is 16.9 Å². The van der Waals surface area contributed by atoms with Crippen LogP contribution in [0.3, 0.4) is 0 Å². The first kappa shape index (κ1) is 25.4. The number of halogens is 2. The number of carbonyl (C=O) groups is 2. The predicted molar refractivity (Wildman–Crippen MR) is 138 cm³/mol. The smallest absolute Gasteiger partial charge is 0.329 e. The zero-order valence-electron chi connectivity index (χ0n) is 19.0. The zero-order valence-corrected chi connectivity index (χ0v) is 21.4. The molecule has 1 aromatic heterocycles. The number of aromatic nitrogens is 1. The predicted octanol–water partition coefficient (Wildman–Crippen LogP) is 5.68. The van der Waals surface area contributed by atoms with E-state index in [-0.39, 0.29) is 18.5 Å². The second kappa shape index (κ2) is 11.8. The number of nitrogens with zero attached hydrogens (tertiary/aromatic N) is 2. The minimum absolute atomic E-state index is 0.261. The highest BCUT2D eigenvalue weighted by Crippen LogP contribution is 2.33. The van der Waals surface area contributed by atoms with Gasteiger partial charge in [-0.3, -0.25) is 4.79 Å². The molecule has 35 heavy (non-hydrogen) atoms. The van der Waals surface area contributed by atoms with Gasteiger partial charge in [0.25, 0.3) is 5.91 Å². The summed E-state index contributed by atoms with van der Waals surface area (Å²) in [5.41, 5.74) is 2.01. The van der Waals surface area contributed by atoms with Crippen LogP contribution < -0.4 is 4.74 Å². The Morgan fingerprint density at radius 3 is 2.57 bits per heavy atom. The van der Waals surface area contributed by atoms with Crippen molar-refractivity contribution in [2.24, 2.45) is 0 Å². The molecule has 1 aliphatic heterocycles. The number of carbonyl (C=O) groups excluding carboxylic acids is 2. The van der Waals surface area contributed by atoms with Crippen LogP contribution in [0.2, 0.25) is 10.0 Å². The molecular formula is C26H24Cl2N2O4S. The molecule has 182 valence electrons. The van der Waals surface area contributed by atoms with Gasteiger partial charge in [0.2, 0.25) is 5.88 Å². The SMILES string of the molecule is CCOC(=O)C1CSCCN1C(=O)c1ccc(OC(c2ccc(Cl)cc2)c2ccccc2Cl)nc1. The Morgan fingerprint density at radius 1 is 1.11 bits per heavy atom. The van der Waals surface area contributed by atoms with Crippen molar-refractivity contribution in [3.05, 3.63) is 93.6 Å². The first-order valence-electron chi connectivity index (χ1n) is 11.2. The average Bonchev–Trinajstić information content (AvgIpc) is 2.88. The van der Waals surface area contributed by atoms with Gasteiger partial charge in [-0.15, -0.1) is 0 Å². The van der Waals surface area contributed by atoms with E-state index in [1.165, 1.54) is 6.20 Å². The fourth-order valence-electron chi connectivity index (χ4n) is 3.78. The van der Waals surface area contributed by atoms with E-state index >= 15 is 0 Å². The Kier molecular flexibility index (Phi) is 8.55. The minimum atomic E-state index is -0.605. The fourth-order valence-corrected chi connectivity index (χ4v) is 5.17. The van der Waals surface area contributed by atoms with Crippen LogP contribution in [-0.2, 0) is 9.53 Å². The molecule has 4 rings (SSSR count). The summed E-state index contributed by atoms with van der Waals surface area (Å²) in [5, 5.41) is 1.18. The van der Waals surface area contributed by atoms with E-state index < -0.39 is 12.1 Å². The molecule has 1 fully saturated rings. The van der Waals surface area contributed by atoms with Crippen molar-refractivity contribution >= 4 is 46.8 Å². The molecular weight excluding hydrogens is 507 g/mol. The van der Waals surface area contributed by atoms with E-state index in [4.69, 9.17) is 32.7 Å². The third kappa shape index (κ3) is 6.10. The molecule has 3 aromatic rings. The lowest BCUT2D eigenvalue weighted by Gasteiger charge is -2.33. The average molecular weight is 531 g/mol. The van der Waals surface area contributed by atoms with Crippen LogP contribution in [0.4, 0.5) is 0 Å². The highest BCUT2D eigenvalue weighted by molar-refractivity contribution is 7.99. The lowest BCUT2D eigenvalue weighted by atomic mass is 10.0. The molecule has 6 nitrogen and oxygen atoms in total. The van der Waals surface area contributed by atoms with E-state index in [9.17, 15) is 9.59 Å². The molecule has 1 aliphatic rings. The quantitative estimate of drug-likeness (QED) is 0.366. The molecule has 2 aromatic carbocycles. The summed E-state index contributed by atoms with van der Waals surface area (Å²) in [4.78, 5) is 31.5. The summed E-state index contributed by atoms with van der Waals surface area (Å²) < 4.78 is 11.4. The fraction of sp³-hybridized carbons (Fsp3) is 0.269. The Morgan fingerprint density at radius 2 is 1.89 bits per heavy atom. The van der Waals surface area contributed by atoms with Crippen molar-refractivity contribution in [1.82, 2.24) is 9.88 Å². The minimum Gasteiger partial charge on any atom is -0.464 e. The lowest BCUT2D eigenvalue weighted by molar-refractivity contribution is -0.147. The van der Waals surface area contributed by atoms with Gasteiger partial charge in [0.1, 0.15) is 6.04 Å². The molecule has 0 spiro atoms. The van der Waals surface area contributed by atoms with Crippen LogP contribution in [-0.4, -0.2) is 52.5 Å². The number of hydrogen-bond acceptors (Lipinski definition) is 6. The van der Waals surface area contributed by atoms with Crippen LogP contribution in [0.1, 0.15) is 34.5 Å². The monoisotopic (exact) mass is 530 g/mol. The second-order valence-corrected chi connectivity index (χ2v) is 9.79. The maximum Gasteiger partial charge on any atom is 0.329 e. The van der Waals surface area contributed by atoms with E-state index in [2.05, 4.69) is 4.98 Å². The third-order valence-corrected chi connectivity index (χ3v) is 7.15. The topological polar surface area (TPSA) is 68.7 Å². The van der Waals surface area contributed by atoms with Crippen LogP contribution in [0, 0.1) is 0 Å².